The molecule has 1 aromatic rings. The van der Waals surface area contributed by atoms with Crippen molar-refractivity contribution in [1.29, 1.82) is 0 Å². The molecule has 3 heteroatoms. The number of rotatable bonds is 4. The first kappa shape index (κ1) is 12.0. The molecule has 1 unspecified atom stereocenters. The zero-order valence-corrected chi connectivity index (χ0v) is 10.3. The minimum absolute atomic E-state index is 0.645. The van der Waals surface area contributed by atoms with Gasteiger partial charge in [-0.1, -0.05) is 20.8 Å². The van der Waals surface area contributed by atoms with E-state index in [4.69, 9.17) is 0 Å². The van der Waals surface area contributed by atoms with Crippen molar-refractivity contribution < 1.29 is 0 Å². The van der Waals surface area contributed by atoms with Crippen LogP contribution < -0.4 is 5.32 Å². The lowest BCUT2D eigenvalue weighted by Crippen LogP contribution is -2.17. The fourth-order valence-corrected chi connectivity index (χ4v) is 1.20. The lowest BCUT2D eigenvalue weighted by Gasteiger charge is -2.17. The summed E-state index contributed by atoms with van der Waals surface area (Å²) in [5, 5.41) is 3.36. The molecule has 0 aliphatic heterocycles. The molecule has 0 radical (unpaired) electrons. The number of hydrogen-bond acceptors (Lipinski definition) is 3. The molecule has 1 atom stereocenters. The lowest BCUT2D eigenvalue weighted by molar-refractivity contribution is 0.439. The third kappa shape index (κ3) is 3.50. The normalized spacial score (nSPS) is 12.9. The number of hydrogen-bond donors (Lipinski definition) is 1. The topological polar surface area (TPSA) is 37.8 Å². The van der Waals surface area contributed by atoms with Crippen LogP contribution in [0, 0.1) is 25.7 Å². The zero-order chi connectivity index (χ0) is 11.4. The van der Waals surface area contributed by atoms with Crippen LogP contribution in [0.4, 0.5) is 5.82 Å². The molecule has 0 spiro atoms. The quantitative estimate of drug-likeness (QED) is 0.825. The van der Waals surface area contributed by atoms with Gasteiger partial charge in [-0.2, -0.15) is 0 Å². The molecule has 3 nitrogen and oxygen atoms in total. The summed E-state index contributed by atoms with van der Waals surface area (Å²) >= 11 is 0. The SMILES string of the molecule is Cc1cnc(C)c(NCC(C)C(C)C)n1. The summed E-state index contributed by atoms with van der Waals surface area (Å²) in [5.74, 6) is 2.25. The highest BCUT2D eigenvalue weighted by molar-refractivity contribution is 5.39. The highest BCUT2D eigenvalue weighted by Crippen LogP contribution is 2.13. The first-order chi connectivity index (χ1) is 7.00. The van der Waals surface area contributed by atoms with Gasteiger partial charge in [-0.25, -0.2) is 4.98 Å². The molecule has 0 amide bonds. The predicted octanol–water partition coefficient (Wildman–Crippen LogP) is 2.80. The molecule has 1 rings (SSSR count). The van der Waals surface area contributed by atoms with Gasteiger partial charge >= 0.3 is 0 Å². The van der Waals surface area contributed by atoms with Crippen LogP contribution in [-0.2, 0) is 0 Å². The number of aromatic nitrogens is 2. The second kappa shape index (κ2) is 5.10. The van der Waals surface area contributed by atoms with Gasteiger partial charge in [-0.15, -0.1) is 0 Å². The Labute approximate surface area is 92.3 Å². The summed E-state index contributed by atoms with van der Waals surface area (Å²) in [6.45, 7) is 11.6. The van der Waals surface area contributed by atoms with Gasteiger partial charge < -0.3 is 5.32 Å². The van der Waals surface area contributed by atoms with Gasteiger partial charge in [-0.3, -0.25) is 4.98 Å². The van der Waals surface area contributed by atoms with Crippen LogP contribution in [0.15, 0.2) is 6.20 Å². The van der Waals surface area contributed by atoms with Gasteiger partial charge in [0.25, 0.3) is 0 Å². The van der Waals surface area contributed by atoms with Crippen molar-refractivity contribution in [2.45, 2.75) is 34.6 Å². The van der Waals surface area contributed by atoms with Crippen molar-refractivity contribution in [3.05, 3.63) is 17.6 Å². The molecule has 0 fully saturated rings. The van der Waals surface area contributed by atoms with E-state index < -0.39 is 0 Å². The van der Waals surface area contributed by atoms with E-state index in [-0.39, 0.29) is 0 Å². The monoisotopic (exact) mass is 207 g/mol. The average molecular weight is 207 g/mol. The van der Waals surface area contributed by atoms with Crippen molar-refractivity contribution in [2.75, 3.05) is 11.9 Å². The summed E-state index contributed by atoms with van der Waals surface area (Å²) in [5.41, 5.74) is 1.93. The van der Waals surface area contributed by atoms with E-state index in [1.54, 1.807) is 6.20 Å². The van der Waals surface area contributed by atoms with E-state index in [9.17, 15) is 0 Å². The summed E-state index contributed by atoms with van der Waals surface area (Å²) < 4.78 is 0. The van der Waals surface area contributed by atoms with Crippen LogP contribution >= 0.6 is 0 Å². The van der Waals surface area contributed by atoms with Gasteiger partial charge in [0.15, 0.2) is 0 Å². The summed E-state index contributed by atoms with van der Waals surface area (Å²) in [6, 6.07) is 0. The molecular weight excluding hydrogens is 186 g/mol. The highest BCUT2D eigenvalue weighted by atomic mass is 15.0. The van der Waals surface area contributed by atoms with Crippen molar-refractivity contribution in [2.24, 2.45) is 11.8 Å². The van der Waals surface area contributed by atoms with Gasteiger partial charge in [0.1, 0.15) is 5.82 Å². The molecule has 84 valence electrons. The second-order valence-corrected chi connectivity index (χ2v) is 4.55. The molecule has 0 aromatic carbocycles. The van der Waals surface area contributed by atoms with Gasteiger partial charge in [0.05, 0.1) is 11.4 Å². The van der Waals surface area contributed by atoms with Crippen molar-refractivity contribution in [3.63, 3.8) is 0 Å². The third-order valence-electron chi connectivity index (χ3n) is 2.81. The van der Waals surface area contributed by atoms with E-state index in [1.165, 1.54) is 0 Å². The maximum atomic E-state index is 4.43. The van der Waals surface area contributed by atoms with Gasteiger partial charge in [0.2, 0.25) is 0 Å². The number of nitrogens with zero attached hydrogens (tertiary/aromatic N) is 2. The van der Waals surface area contributed by atoms with Gasteiger partial charge in [0, 0.05) is 12.7 Å². The maximum Gasteiger partial charge on any atom is 0.147 e. The Morgan fingerprint density at radius 1 is 1.27 bits per heavy atom. The average Bonchev–Trinajstić information content (AvgIpc) is 2.18. The third-order valence-corrected chi connectivity index (χ3v) is 2.81. The van der Waals surface area contributed by atoms with Gasteiger partial charge in [-0.05, 0) is 25.7 Å². The zero-order valence-electron chi connectivity index (χ0n) is 10.3. The first-order valence-electron chi connectivity index (χ1n) is 5.54. The molecule has 1 heterocycles. The predicted molar refractivity (Wildman–Crippen MR) is 64.0 cm³/mol. The summed E-state index contributed by atoms with van der Waals surface area (Å²) in [7, 11) is 0. The van der Waals surface area contributed by atoms with E-state index in [0.717, 1.165) is 23.8 Å². The fourth-order valence-electron chi connectivity index (χ4n) is 1.20. The molecule has 0 aliphatic carbocycles. The first-order valence-corrected chi connectivity index (χ1v) is 5.54. The Morgan fingerprint density at radius 2 is 1.93 bits per heavy atom. The number of nitrogens with one attached hydrogen (secondary N) is 1. The smallest absolute Gasteiger partial charge is 0.147 e. The summed E-state index contributed by atoms with van der Waals surface area (Å²) in [4.78, 5) is 8.71. The Kier molecular flexibility index (Phi) is 4.06. The standard InChI is InChI=1S/C12H21N3/c1-8(2)9(3)6-14-12-11(5)13-7-10(4)15-12/h7-9H,6H2,1-5H3,(H,14,15). The second-order valence-electron chi connectivity index (χ2n) is 4.55. The molecular formula is C12H21N3. The van der Waals surface area contributed by atoms with E-state index >= 15 is 0 Å². The molecule has 0 aliphatic rings. The van der Waals surface area contributed by atoms with Crippen LogP contribution in [-0.4, -0.2) is 16.5 Å². The Morgan fingerprint density at radius 3 is 2.53 bits per heavy atom. The van der Waals surface area contributed by atoms with Crippen molar-refractivity contribution in [3.8, 4) is 0 Å². The molecule has 1 aromatic heterocycles. The highest BCUT2D eigenvalue weighted by Gasteiger charge is 2.08. The lowest BCUT2D eigenvalue weighted by atomic mass is 9.98. The van der Waals surface area contributed by atoms with Crippen molar-refractivity contribution in [1.82, 2.24) is 9.97 Å². The van der Waals surface area contributed by atoms with Crippen LogP contribution in [0.2, 0.25) is 0 Å². The van der Waals surface area contributed by atoms with Crippen LogP contribution in [0.25, 0.3) is 0 Å². The fraction of sp³-hybridized carbons (Fsp3) is 0.667. The Balaban J connectivity index is 2.61. The number of anilines is 1. The number of aryl methyl sites for hydroxylation is 2. The molecule has 0 bridgehead atoms. The molecule has 0 saturated carbocycles. The largest absolute Gasteiger partial charge is 0.368 e. The van der Waals surface area contributed by atoms with E-state index in [0.29, 0.717) is 11.8 Å². The molecule has 0 saturated heterocycles. The minimum Gasteiger partial charge on any atom is -0.368 e. The van der Waals surface area contributed by atoms with E-state index in [1.807, 2.05) is 13.8 Å². The Bertz CT molecular complexity index is 321. The van der Waals surface area contributed by atoms with E-state index in [2.05, 4.69) is 36.1 Å². The van der Waals surface area contributed by atoms with Crippen LogP contribution in [0.5, 0.6) is 0 Å². The minimum atomic E-state index is 0.645. The molecule has 1 N–H and O–H groups in total. The Hall–Kier alpha value is -1.12. The molecule has 15 heavy (non-hydrogen) atoms. The summed E-state index contributed by atoms with van der Waals surface area (Å²) in [6.07, 6.45) is 1.80. The van der Waals surface area contributed by atoms with Crippen LogP contribution in [0.1, 0.15) is 32.2 Å². The van der Waals surface area contributed by atoms with Crippen LogP contribution in [0.3, 0.4) is 0 Å². The van der Waals surface area contributed by atoms with Crippen molar-refractivity contribution >= 4 is 5.82 Å². The maximum absolute atomic E-state index is 4.43.